The molecule has 22 heavy (non-hydrogen) atoms. The Balaban J connectivity index is 2.94. The van der Waals surface area contributed by atoms with Gasteiger partial charge in [0.25, 0.3) is 0 Å². The van der Waals surface area contributed by atoms with E-state index >= 15 is 0 Å². The molecule has 0 amide bonds. The maximum atomic E-state index is 12.2. The normalized spacial score (nSPS) is 15.6. The van der Waals surface area contributed by atoms with Crippen molar-refractivity contribution in [1.82, 2.24) is 0 Å². The minimum atomic E-state index is -1.30. The van der Waals surface area contributed by atoms with Crippen molar-refractivity contribution in [1.29, 1.82) is 0 Å². The van der Waals surface area contributed by atoms with Crippen molar-refractivity contribution in [3.05, 3.63) is 28.2 Å². The molecule has 1 atom stereocenters. The van der Waals surface area contributed by atoms with Crippen LogP contribution in [0.1, 0.15) is 39.3 Å². The fourth-order valence-corrected chi connectivity index (χ4v) is 2.39. The second kappa shape index (κ2) is 5.23. The number of carbonyl (C=O) groups is 2. The smallest absolute Gasteiger partial charge is 0.236 e. The molecule has 118 valence electrons. The summed E-state index contributed by atoms with van der Waals surface area (Å²) in [6.45, 7) is 1.27. The molecule has 1 aliphatic carbocycles. The zero-order chi connectivity index (χ0) is 16.8. The Labute approximate surface area is 124 Å². The van der Waals surface area contributed by atoms with Crippen LogP contribution in [0.25, 0.3) is 0 Å². The van der Waals surface area contributed by atoms with Crippen LogP contribution in [0.5, 0.6) is 17.2 Å². The highest BCUT2D eigenvalue weighted by molar-refractivity contribution is 6.27. The van der Waals surface area contributed by atoms with Gasteiger partial charge in [-0.05, 0) is 6.92 Å². The average Bonchev–Trinajstić information content (AvgIpc) is 2.46. The van der Waals surface area contributed by atoms with Crippen LogP contribution < -0.4 is 4.74 Å². The van der Waals surface area contributed by atoms with Crippen molar-refractivity contribution >= 4 is 11.6 Å². The lowest BCUT2D eigenvalue weighted by atomic mass is 9.87. The van der Waals surface area contributed by atoms with Gasteiger partial charge in [0.1, 0.15) is 5.75 Å². The summed E-state index contributed by atoms with van der Waals surface area (Å²) in [5, 5.41) is 39.8. The number of hydrogen-bond donors (Lipinski definition) is 4. The molecule has 0 aromatic heterocycles. The van der Waals surface area contributed by atoms with Crippen molar-refractivity contribution in [2.75, 3.05) is 14.2 Å². The molecule has 0 saturated heterocycles. The second-order valence-corrected chi connectivity index (χ2v) is 4.61. The van der Waals surface area contributed by atoms with E-state index < -0.39 is 51.8 Å². The number of phenolic OH excluding ortho intramolecular Hbond substituents is 2. The lowest BCUT2D eigenvalue weighted by molar-refractivity contribution is 0.0848. The number of rotatable bonds is 3. The molecule has 1 unspecified atom stereocenters. The highest BCUT2D eigenvalue weighted by Gasteiger charge is 2.41. The molecule has 0 heterocycles. The first kappa shape index (κ1) is 15.6. The molecule has 4 N–H and O–H groups in total. The third-order valence-electron chi connectivity index (χ3n) is 3.35. The number of aliphatic hydroxyl groups is 2. The van der Waals surface area contributed by atoms with Crippen LogP contribution in [-0.2, 0) is 4.74 Å². The van der Waals surface area contributed by atoms with Crippen LogP contribution in [-0.4, -0.2) is 46.2 Å². The average molecular weight is 310 g/mol. The molecule has 1 aromatic carbocycles. The summed E-state index contributed by atoms with van der Waals surface area (Å²) in [4.78, 5) is 24.4. The Bertz CT molecular complexity index is 714. The van der Waals surface area contributed by atoms with Crippen LogP contribution in [0.4, 0.5) is 0 Å². The van der Waals surface area contributed by atoms with Gasteiger partial charge >= 0.3 is 0 Å². The van der Waals surface area contributed by atoms with Gasteiger partial charge in [-0.15, -0.1) is 0 Å². The number of fused-ring (bicyclic) bond motifs is 1. The molecule has 0 radical (unpaired) electrons. The number of ether oxygens (including phenoxy) is 2. The van der Waals surface area contributed by atoms with Crippen molar-refractivity contribution < 1.29 is 39.5 Å². The predicted molar refractivity (Wildman–Crippen MR) is 72.3 cm³/mol. The van der Waals surface area contributed by atoms with Crippen molar-refractivity contribution in [2.45, 2.75) is 13.0 Å². The second-order valence-electron chi connectivity index (χ2n) is 4.61. The van der Waals surface area contributed by atoms with E-state index in [1.54, 1.807) is 0 Å². The molecule has 2 rings (SSSR count). The van der Waals surface area contributed by atoms with E-state index in [1.165, 1.54) is 6.92 Å². The van der Waals surface area contributed by atoms with Crippen LogP contribution in [0.3, 0.4) is 0 Å². The van der Waals surface area contributed by atoms with E-state index in [4.69, 9.17) is 4.74 Å². The summed E-state index contributed by atoms with van der Waals surface area (Å²) in [5.74, 6) is -5.56. The Kier molecular flexibility index (Phi) is 3.72. The maximum absolute atomic E-state index is 12.2. The number of benzene rings is 1. The molecular formula is C14H14O8. The minimum Gasteiger partial charge on any atom is -0.507 e. The fraction of sp³-hybridized carbons (Fsp3) is 0.286. The number of allylic oxidation sites excluding steroid dienone is 2. The lowest BCUT2D eigenvalue weighted by Gasteiger charge is -2.23. The van der Waals surface area contributed by atoms with E-state index in [9.17, 15) is 30.0 Å². The topological polar surface area (TPSA) is 134 Å². The first-order valence-corrected chi connectivity index (χ1v) is 6.18. The standard InChI is InChI=1S/C14H14O8/c1-4(15)5-8(16)6-7(10(18)13(5)21-2)11(19)14(22-3)12(20)9(6)17/h4,15-16,18,20H,1-3H3. The lowest BCUT2D eigenvalue weighted by Crippen LogP contribution is -2.24. The molecule has 1 aliphatic rings. The molecule has 0 bridgehead atoms. The Hall–Kier alpha value is -2.74. The van der Waals surface area contributed by atoms with Gasteiger partial charge in [0.15, 0.2) is 11.5 Å². The van der Waals surface area contributed by atoms with E-state index in [1.807, 2.05) is 0 Å². The van der Waals surface area contributed by atoms with Crippen molar-refractivity contribution in [2.24, 2.45) is 0 Å². The van der Waals surface area contributed by atoms with Gasteiger partial charge in [-0.3, -0.25) is 9.59 Å². The van der Waals surface area contributed by atoms with Gasteiger partial charge in [0.05, 0.1) is 37.0 Å². The van der Waals surface area contributed by atoms with Crippen LogP contribution in [0, 0.1) is 0 Å². The monoisotopic (exact) mass is 310 g/mol. The summed E-state index contributed by atoms with van der Waals surface area (Å²) < 4.78 is 9.58. The summed E-state index contributed by atoms with van der Waals surface area (Å²) in [6, 6.07) is 0. The number of phenols is 2. The quantitative estimate of drug-likeness (QED) is 0.606. The first-order valence-electron chi connectivity index (χ1n) is 6.18. The van der Waals surface area contributed by atoms with Gasteiger partial charge in [-0.2, -0.15) is 0 Å². The highest BCUT2D eigenvalue weighted by Crippen LogP contribution is 2.48. The zero-order valence-electron chi connectivity index (χ0n) is 12.0. The molecule has 0 saturated carbocycles. The molecule has 0 fully saturated rings. The zero-order valence-corrected chi connectivity index (χ0v) is 12.0. The number of methoxy groups -OCH3 is 2. The Morgan fingerprint density at radius 2 is 1.45 bits per heavy atom. The number of aromatic hydroxyl groups is 2. The highest BCUT2D eigenvalue weighted by atomic mass is 16.5. The minimum absolute atomic E-state index is 0.270. The van der Waals surface area contributed by atoms with Crippen molar-refractivity contribution in [3.63, 3.8) is 0 Å². The van der Waals surface area contributed by atoms with Gasteiger partial charge in [-0.1, -0.05) is 0 Å². The largest absolute Gasteiger partial charge is 0.507 e. The number of aliphatic hydroxyl groups excluding tert-OH is 2. The van der Waals surface area contributed by atoms with Gasteiger partial charge in [0, 0.05) is 0 Å². The molecular weight excluding hydrogens is 296 g/mol. The SMILES string of the molecule is COC1=C(O)C(=O)c2c(O)c(C(C)O)c(OC)c(O)c2C1=O. The molecule has 0 spiro atoms. The summed E-state index contributed by atoms with van der Waals surface area (Å²) in [7, 11) is 2.23. The van der Waals surface area contributed by atoms with Gasteiger partial charge in [-0.25, -0.2) is 0 Å². The Morgan fingerprint density at radius 1 is 0.909 bits per heavy atom. The summed E-state index contributed by atoms with van der Waals surface area (Å²) in [6.07, 6.45) is -1.30. The summed E-state index contributed by atoms with van der Waals surface area (Å²) in [5.41, 5.74) is -1.44. The number of Topliss-reactive ketones (excluding diaryl/α,β-unsaturated/α-hetero) is 2. The number of carbonyl (C=O) groups excluding carboxylic acids is 2. The number of hydrogen-bond acceptors (Lipinski definition) is 8. The number of ketones is 2. The van der Waals surface area contributed by atoms with Crippen LogP contribution >= 0.6 is 0 Å². The van der Waals surface area contributed by atoms with Gasteiger partial charge in [0.2, 0.25) is 23.1 Å². The van der Waals surface area contributed by atoms with Crippen LogP contribution in [0.2, 0.25) is 0 Å². The van der Waals surface area contributed by atoms with Crippen LogP contribution in [0.15, 0.2) is 11.5 Å². The van der Waals surface area contributed by atoms with E-state index in [2.05, 4.69) is 4.74 Å². The third-order valence-corrected chi connectivity index (χ3v) is 3.35. The molecule has 0 aliphatic heterocycles. The third kappa shape index (κ3) is 1.88. The fourth-order valence-electron chi connectivity index (χ4n) is 2.39. The van der Waals surface area contributed by atoms with E-state index in [0.29, 0.717) is 0 Å². The summed E-state index contributed by atoms with van der Waals surface area (Å²) >= 11 is 0. The maximum Gasteiger partial charge on any atom is 0.236 e. The molecule has 8 heteroatoms. The first-order chi connectivity index (χ1) is 10.3. The van der Waals surface area contributed by atoms with E-state index in [-0.39, 0.29) is 11.3 Å². The molecule has 1 aromatic rings. The Morgan fingerprint density at radius 3 is 1.91 bits per heavy atom. The van der Waals surface area contributed by atoms with E-state index in [0.717, 1.165) is 14.2 Å². The van der Waals surface area contributed by atoms with Gasteiger partial charge < -0.3 is 29.9 Å². The molecule has 8 nitrogen and oxygen atoms in total. The van der Waals surface area contributed by atoms with Crippen molar-refractivity contribution in [3.8, 4) is 17.2 Å². The predicted octanol–water partition coefficient (Wildman–Crippen LogP) is 0.955.